The molecule has 1 aliphatic carbocycles. The van der Waals surface area contributed by atoms with Crippen molar-refractivity contribution in [3.05, 3.63) is 108 Å². The molecule has 0 amide bonds. The van der Waals surface area contributed by atoms with E-state index < -0.39 is 0 Å². The van der Waals surface area contributed by atoms with E-state index in [0.29, 0.717) is 5.92 Å². The largest absolute Gasteiger partial charge is 0.324 e. The van der Waals surface area contributed by atoms with Crippen molar-refractivity contribution >= 4 is 32.3 Å². The van der Waals surface area contributed by atoms with Crippen LogP contribution < -0.4 is 5.73 Å². The Bertz CT molecular complexity index is 1400. The predicted octanol–water partition coefficient (Wildman–Crippen LogP) is 7.27. The van der Waals surface area contributed by atoms with E-state index in [1.807, 2.05) is 0 Å². The van der Waals surface area contributed by atoms with Crippen LogP contribution in [0.5, 0.6) is 0 Å². The van der Waals surface area contributed by atoms with Gasteiger partial charge in [0.05, 0.1) is 0 Å². The van der Waals surface area contributed by atoms with Gasteiger partial charge in [-0.3, -0.25) is 0 Å². The first-order valence-electron chi connectivity index (χ1n) is 11.0. The molecule has 0 saturated heterocycles. The Morgan fingerprint density at radius 3 is 2.13 bits per heavy atom. The highest BCUT2D eigenvalue weighted by Crippen LogP contribution is 2.39. The Morgan fingerprint density at radius 1 is 0.600 bits per heavy atom. The van der Waals surface area contributed by atoms with Gasteiger partial charge in [0.1, 0.15) is 0 Å². The van der Waals surface area contributed by atoms with E-state index in [1.165, 1.54) is 55.4 Å². The second-order valence-electron chi connectivity index (χ2n) is 8.72. The van der Waals surface area contributed by atoms with Crippen molar-refractivity contribution in [2.24, 2.45) is 5.73 Å². The molecule has 0 aliphatic heterocycles. The maximum Gasteiger partial charge on any atom is 0.0297 e. The number of hydrogen-bond donors (Lipinski definition) is 1. The van der Waals surface area contributed by atoms with Gasteiger partial charge in [-0.15, -0.1) is 0 Å². The van der Waals surface area contributed by atoms with Crippen molar-refractivity contribution in [3.63, 3.8) is 0 Å². The first-order chi connectivity index (χ1) is 14.8. The van der Waals surface area contributed by atoms with Crippen LogP contribution in [0.25, 0.3) is 32.3 Å². The van der Waals surface area contributed by atoms with Crippen LogP contribution in [-0.4, -0.2) is 0 Å². The Morgan fingerprint density at radius 2 is 1.27 bits per heavy atom. The molecule has 2 atom stereocenters. The van der Waals surface area contributed by atoms with Gasteiger partial charge in [-0.2, -0.15) is 0 Å². The summed E-state index contributed by atoms with van der Waals surface area (Å²) in [5.41, 5.74) is 10.6. The van der Waals surface area contributed by atoms with Gasteiger partial charge in [0.25, 0.3) is 0 Å². The van der Waals surface area contributed by atoms with Crippen LogP contribution in [0.15, 0.2) is 91.0 Å². The maximum atomic E-state index is 6.37. The lowest BCUT2D eigenvalue weighted by Gasteiger charge is -2.29. The molecule has 0 saturated carbocycles. The van der Waals surface area contributed by atoms with Gasteiger partial charge in [-0.05, 0) is 74.2 Å². The van der Waals surface area contributed by atoms with Crippen LogP contribution in [0.3, 0.4) is 0 Å². The van der Waals surface area contributed by atoms with Crippen molar-refractivity contribution in [1.29, 1.82) is 0 Å². The van der Waals surface area contributed by atoms with Crippen LogP contribution in [0.2, 0.25) is 0 Å². The normalized spacial score (nSPS) is 18.7. The van der Waals surface area contributed by atoms with E-state index in [4.69, 9.17) is 5.73 Å². The summed E-state index contributed by atoms with van der Waals surface area (Å²) in [5, 5.41) is 7.98. The van der Waals surface area contributed by atoms with Crippen molar-refractivity contribution in [2.45, 2.75) is 31.2 Å². The van der Waals surface area contributed by atoms with E-state index in [2.05, 4.69) is 91.0 Å². The van der Waals surface area contributed by atoms with Gasteiger partial charge in [-0.25, -0.2) is 0 Å². The number of nitrogens with two attached hydrogens (primary N) is 1. The predicted molar refractivity (Wildman–Crippen MR) is 128 cm³/mol. The highest BCUT2D eigenvalue weighted by atomic mass is 14.6. The molecule has 5 aromatic carbocycles. The molecule has 2 N–H and O–H groups in total. The first-order valence-corrected chi connectivity index (χ1v) is 11.0. The van der Waals surface area contributed by atoms with E-state index in [1.54, 1.807) is 0 Å². The maximum absolute atomic E-state index is 6.37. The van der Waals surface area contributed by atoms with Gasteiger partial charge < -0.3 is 5.73 Å². The SMILES string of the molecule is NC1CCC(Cc2ccc3c(ccc4c5ccccc5ccc34)c2)c2ccccc21. The summed E-state index contributed by atoms with van der Waals surface area (Å²) < 4.78 is 0. The Balaban J connectivity index is 1.41. The summed E-state index contributed by atoms with van der Waals surface area (Å²) in [6.07, 6.45) is 3.32. The number of benzene rings is 5. The summed E-state index contributed by atoms with van der Waals surface area (Å²) in [5.74, 6) is 0.558. The monoisotopic (exact) mass is 387 g/mol. The topological polar surface area (TPSA) is 26.0 Å². The molecule has 146 valence electrons. The third kappa shape index (κ3) is 2.81. The molecule has 1 aliphatic rings. The highest BCUT2D eigenvalue weighted by molar-refractivity contribution is 6.17. The standard InChI is InChI=1S/C29H25N/c30-29-16-12-22(24-7-3-4-8-28(24)29)18-19-9-13-25-21(17-19)11-15-26-23-6-2-1-5-20(23)10-14-27(25)26/h1-11,13-15,17,22,29H,12,16,18,30H2. The minimum Gasteiger partial charge on any atom is -0.324 e. The van der Waals surface area contributed by atoms with Gasteiger partial charge in [0.15, 0.2) is 0 Å². The summed E-state index contributed by atoms with van der Waals surface area (Å²) in [6, 6.07) is 33.7. The summed E-state index contributed by atoms with van der Waals surface area (Å²) in [6.45, 7) is 0. The minimum atomic E-state index is 0.190. The fourth-order valence-electron chi connectivity index (χ4n) is 5.41. The average molecular weight is 388 g/mol. The third-order valence-electron chi connectivity index (χ3n) is 6.95. The van der Waals surface area contributed by atoms with E-state index >= 15 is 0 Å². The first kappa shape index (κ1) is 17.7. The Labute approximate surface area is 177 Å². The summed E-state index contributed by atoms with van der Waals surface area (Å²) >= 11 is 0. The molecule has 30 heavy (non-hydrogen) atoms. The van der Waals surface area contributed by atoms with E-state index in [0.717, 1.165) is 12.8 Å². The van der Waals surface area contributed by atoms with Gasteiger partial charge in [-0.1, -0.05) is 91.0 Å². The molecule has 0 spiro atoms. The molecule has 0 heterocycles. The van der Waals surface area contributed by atoms with Crippen LogP contribution in [0.4, 0.5) is 0 Å². The molecule has 0 aromatic heterocycles. The van der Waals surface area contributed by atoms with Crippen molar-refractivity contribution in [3.8, 4) is 0 Å². The van der Waals surface area contributed by atoms with Crippen LogP contribution in [-0.2, 0) is 6.42 Å². The van der Waals surface area contributed by atoms with Crippen LogP contribution in [0.1, 0.15) is 41.5 Å². The Hall–Kier alpha value is -3.16. The quantitative estimate of drug-likeness (QED) is 0.317. The Kier molecular flexibility index (Phi) is 4.11. The lowest BCUT2D eigenvalue weighted by molar-refractivity contribution is 0.489. The number of fused-ring (bicyclic) bond motifs is 6. The van der Waals surface area contributed by atoms with E-state index in [-0.39, 0.29) is 6.04 Å². The second kappa shape index (κ2) is 6.97. The minimum absolute atomic E-state index is 0.190. The molecule has 1 heteroatoms. The van der Waals surface area contributed by atoms with Crippen LogP contribution >= 0.6 is 0 Å². The molecule has 0 radical (unpaired) electrons. The fourth-order valence-corrected chi connectivity index (χ4v) is 5.41. The number of hydrogen-bond acceptors (Lipinski definition) is 1. The second-order valence-corrected chi connectivity index (χ2v) is 8.72. The van der Waals surface area contributed by atoms with Crippen molar-refractivity contribution in [1.82, 2.24) is 0 Å². The molecule has 5 aromatic rings. The van der Waals surface area contributed by atoms with Crippen molar-refractivity contribution < 1.29 is 0 Å². The van der Waals surface area contributed by atoms with Crippen molar-refractivity contribution in [2.75, 3.05) is 0 Å². The zero-order valence-corrected chi connectivity index (χ0v) is 17.0. The zero-order valence-electron chi connectivity index (χ0n) is 17.0. The third-order valence-corrected chi connectivity index (χ3v) is 6.95. The zero-order chi connectivity index (χ0) is 20.1. The fraction of sp³-hybridized carbons (Fsp3) is 0.172. The molecular weight excluding hydrogens is 362 g/mol. The van der Waals surface area contributed by atoms with Gasteiger partial charge in [0, 0.05) is 6.04 Å². The lowest BCUT2D eigenvalue weighted by Crippen LogP contribution is -2.21. The van der Waals surface area contributed by atoms with E-state index in [9.17, 15) is 0 Å². The molecule has 0 bridgehead atoms. The smallest absolute Gasteiger partial charge is 0.0297 e. The average Bonchev–Trinajstić information content (AvgIpc) is 2.80. The van der Waals surface area contributed by atoms with Gasteiger partial charge in [0.2, 0.25) is 0 Å². The molecular formula is C29H25N. The molecule has 1 nitrogen and oxygen atoms in total. The molecule has 6 rings (SSSR count). The van der Waals surface area contributed by atoms with Gasteiger partial charge >= 0.3 is 0 Å². The molecule has 2 unspecified atom stereocenters. The van der Waals surface area contributed by atoms with Crippen LogP contribution in [0, 0.1) is 0 Å². The highest BCUT2D eigenvalue weighted by Gasteiger charge is 2.24. The molecule has 0 fully saturated rings. The lowest BCUT2D eigenvalue weighted by atomic mass is 9.77. The summed E-state index contributed by atoms with van der Waals surface area (Å²) in [7, 11) is 0. The summed E-state index contributed by atoms with van der Waals surface area (Å²) in [4.78, 5) is 0. The number of rotatable bonds is 2.